The fraction of sp³-hybridized carbons (Fsp3) is 0. The van der Waals surface area contributed by atoms with E-state index in [0.29, 0.717) is 8.83 Å². The monoisotopic (exact) mass is 243 g/mol. The number of carboxylic acid groups (broad SMARTS) is 1. The summed E-state index contributed by atoms with van der Waals surface area (Å²) in [6, 6.07) is 3.37. The van der Waals surface area contributed by atoms with Gasteiger partial charge in [0.05, 0.1) is 10.6 Å². The van der Waals surface area contributed by atoms with Crippen LogP contribution in [0, 0.1) is 3.95 Å². The largest absolute Gasteiger partial charge is 0.477 e. The highest BCUT2D eigenvalue weighted by atomic mass is 32.1. The van der Waals surface area contributed by atoms with Crippen LogP contribution in [0.1, 0.15) is 9.67 Å². The van der Waals surface area contributed by atoms with Gasteiger partial charge in [-0.15, -0.1) is 22.7 Å². The van der Waals surface area contributed by atoms with Crippen molar-refractivity contribution < 1.29 is 9.90 Å². The molecule has 6 heteroatoms. The van der Waals surface area contributed by atoms with Gasteiger partial charge in [0.15, 0.2) is 3.95 Å². The Morgan fingerprint density at radius 2 is 2.29 bits per heavy atom. The Morgan fingerprint density at radius 1 is 1.50 bits per heavy atom. The van der Waals surface area contributed by atoms with Crippen molar-refractivity contribution in [2.75, 3.05) is 0 Å². The summed E-state index contributed by atoms with van der Waals surface area (Å²) in [6.45, 7) is 0. The quantitative estimate of drug-likeness (QED) is 0.796. The summed E-state index contributed by atoms with van der Waals surface area (Å²) < 4.78 is 0.699. The number of nitrogens with one attached hydrogen (secondary N) is 1. The van der Waals surface area contributed by atoms with E-state index >= 15 is 0 Å². The van der Waals surface area contributed by atoms with E-state index in [4.69, 9.17) is 17.3 Å². The van der Waals surface area contributed by atoms with Crippen LogP contribution in [0.25, 0.3) is 10.6 Å². The van der Waals surface area contributed by atoms with E-state index in [2.05, 4.69) is 4.98 Å². The van der Waals surface area contributed by atoms with Crippen molar-refractivity contribution in [3.63, 3.8) is 0 Å². The van der Waals surface area contributed by atoms with E-state index in [1.165, 1.54) is 22.7 Å². The van der Waals surface area contributed by atoms with Crippen molar-refractivity contribution in [1.29, 1.82) is 0 Å². The number of hydrogen-bond acceptors (Lipinski definition) is 4. The van der Waals surface area contributed by atoms with Gasteiger partial charge >= 0.3 is 5.97 Å². The third-order valence-electron chi connectivity index (χ3n) is 1.60. The van der Waals surface area contributed by atoms with Gasteiger partial charge in [0.25, 0.3) is 0 Å². The molecule has 2 aromatic rings. The molecule has 0 aromatic carbocycles. The van der Waals surface area contributed by atoms with E-state index in [9.17, 15) is 4.79 Å². The predicted octanol–water partition coefficient (Wildman–Crippen LogP) is 3.23. The van der Waals surface area contributed by atoms with Crippen LogP contribution in [0.4, 0.5) is 0 Å². The maximum Gasteiger partial charge on any atom is 0.345 e. The molecule has 0 fully saturated rings. The Bertz CT molecular complexity index is 522. The van der Waals surface area contributed by atoms with Crippen LogP contribution >= 0.6 is 34.9 Å². The highest BCUT2D eigenvalue weighted by Gasteiger charge is 2.08. The van der Waals surface area contributed by atoms with Gasteiger partial charge in [0.2, 0.25) is 0 Å². The molecule has 2 aromatic heterocycles. The van der Waals surface area contributed by atoms with Crippen LogP contribution in [0.3, 0.4) is 0 Å². The second-order valence-electron chi connectivity index (χ2n) is 2.53. The van der Waals surface area contributed by atoms with Crippen molar-refractivity contribution in [2.45, 2.75) is 0 Å². The van der Waals surface area contributed by atoms with E-state index < -0.39 is 5.97 Å². The summed E-state index contributed by atoms with van der Waals surface area (Å²) in [7, 11) is 0. The van der Waals surface area contributed by atoms with E-state index in [0.717, 1.165) is 10.6 Å². The van der Waals surface area contributed by atoms with Crippen molar-refractivity contribution in [1.82, 2.24) is 4.98 Å². The zero-order chi connectivity index (χ0) is 10.1. The molecule has 2 N–H and O–H groups in total. The first kappa shape index (κ1) is 9.57. The molecule has 0 unspecified atom stereocenters. The molecule has 0 saturated carbocycles. The van der Waals surface area contributed by atoms with E-state index in [1.807, 2.05) is 5.38 Å². The summed E-state index contributed by atoms with van der Waals surface area (Å²) in [5, 5.41) is 10.6. The van der Waals surface area contributed by atoms with Gasteiger partial charge in [-0.25, -0.2) is 4.79 Å². The molecule has 2 heterocycles. The summed E-state index contributed by atoms with van der Waals surface area (Å²) in [5.74, 6) is -0.893. The maximum atomic E-state index is 10.6. The van der Waals surface area contributed by atoms with Crippen LogP contribution in [0.15, 0.2) is 17.5 Å². The standard InChI is InChI=1S/C8H5NO2S3/c10-7(11)6-2-1-5(14-6)4-3-13-8(12)9-4/h1-3H,(H,9,12)(H,10,11). The Labute approximate surface area is 92.7 Å². The smallest absolute Gasteiger partial charge is 0.345 e. The normalized spacial score (nSPS) is 10.3. The lowest BCUT2D eigenvalue weighted by Gasteiger charge is -1.87. The fourth-order valence-electron chi connectivity index (χ4n) is 0.999. The molecule has 0 spiro atoms. The van der Waals surface area contributed by atoms with Gasteiger partial charge in [-0.3, -0.25) is 0 Å². The summed E-state index contributed by atoms with van der Waals surface area (Å²) in [5.41, 5.74) is 0.887. The Morgan fingerprint density at radius 3 is 2.79 bits per heavy atom. The third kappa shape index (κ3) is 1.77. The van der Waals surface area contributed by atoms with E-state index in [1.54, 1.807) is 12.1 Å². The molecule has 0 bridgehead atoms. The summed E-state index contributed by atoms with van der Waals surface area (Å²) >= 11 is 7.61. The molecule has 0 saturated heterocycles. The minimum atomic E-state index is -0.893. The molecular formula is C8H5NO2S3. The summed E-state index contributed by atoms with van der Waals surface area (Å²) in [6.07, 6.45) is 0. The molecule has 0 aliphatic rings. The Balaban J connectivity index is 2.43. The highest BCUT2D eigenvalue weighted by Crippen LogP contribution is 2.28. The molecule has 2 rings (SSSR count). The summed E-state index contributed by atoms with van der Waals surface area (Å²) in [4.78, 5) is 14.9. The Kier molecular flexibility index (Phi) is 2.49. The molecular weight excluding hydrogens is 238 g/mol. The number of thiazole rings is 1. The molecule has 3 nitrogen and oxygen atoms in total. The van der Waals surface area contributed by atoms with Gasteiger partial charge in [0.1, 0.15) is 4.88 Å². The molecule has 0 aliphatic heterocycles. The number of H-pyrrole nitrogens is 1. The highest BCUT2D eigenvalue weighted by molar-refractivity contribution is 7.73. The average Bonchev–Trinajstić information content (AvgIpc) is 2.70. The predicted molar refractivity (Wildman–Crippen MR) is 59.8 cm³/mol. The van der Waals surface area contributed by atoms with Crippen LogP contribution in [0.5, 0.6) is 0 Å². The fourth-order valence-corrected chi connectivity index (χ4v) is 2.72. The number of carbonyl (C=O) groups is 1. The van der Waals surface area contributed by atoms with Crippen LogP contribution in [-0.2, 0) is 0 Å². The van der Waals surface area contributed by atoms with Gasteiger partial charge in [-0.1, -0.05) is 0 Å². The first-order chi connectivity index (χ1) is 6.66. The SMILES string of the molecule is O=C(O)c1ccc(-c2csc(=S)[nH]2)s1. The molecule has 72 valence electrons. The van der Waals surface area contributed by atoms with Gasteiger partial charge < -0.3 is 10.1 Å². The number of thiophene rings is 1. The van der Waals surface area contributed by atoms with Gasteiger partial charge in [0, 0.05) is 5.38 Å². The lowest BCUT2D eigenvalue weighted by atomic mass is 10.4. The number of rotatable bonds is 2. The number of carboxylic acids is 1. The zero-order valence-electron chi connectivity index (χ0n) is 6.81. The second-order valence-corrected chi connectivity index (χ2v) is 5.16. The van der Waals surface area contributed by atoms with Crippen LogP contribution in [-0.4, -0.2) is 16.1 Å². The van der Waals surface area contributed by atoms with Crippen LogP contribution in [0.2, 0.25) is 0 Å². The molecule has 0 radical (unpaired) electrons. The number of aromatic nitrogens is 1. The van der Waals surface area contributed by atoms with E-state index in [-0.39, 0.29) is 0 Å². The lowest BCUT2D eigenvalue weighted by Crippen LogP contribution is -1.89. The molecule has 14 heavy (non-hydrogen) atoms. The number of aromatic carboxylic acids is 1. The molecule has 0 atom stereocenters. The minimum Gasteiger partial charge on any atom is -0.477 e. The first-order valence-electron chi connectivity index (χ1n) is 3.68. The Hall–Kier alpha value is -0.980. The number of aromatic amines is 1. The number of hydrogen-bond donors (Lipinski definition) is 2. The van der Waals surface area contributed by atoms with Crippen molar-refractivity contribution in [2.24, 2.45) is 0 Å². The second kappa shape index (κ2) is 3.64. The van der Waals surface area contributed by atoms with Gasteiger partial charge in [-0.2, -0.15) is 0 Å². The van der Waals surface area contributed by atoms with Crippen molar-refractivity contribution >= 4 is 40.9 Å². The average molecular weight is 243 g/mol. The van der Waals surface area contributed by atoms with Crippen molar-refractivity contribution in [3.05, 3.63) is 26.3 Å². The third-order valence-corrected chi connectivity index (χ3v) is 3.77. The molecule has 0 aliphatic carbocycles. The van der Waals surface area contributed by atoms with Crippen LogP contribution < -0.4 is 0 Å². The van der Waals surface area contributed by atoms with Gasteiger partial charge in [-0.05, 0) is 24.4 Å². The topological polar surface area (TPSA) is 53.1 Å². The first-order valence-corrected chi connectivity index (χ1v) is 5.78. The maximum absolute atomic E-state index is 10.6. The zero-order valence-corrected chi connectivity index (χ0v) is 9.26. The lowest BCUT2D eigenvalue weighted by molar-refractivity contribution is 0.0702. The minimum absolute atomic E-state index is 0.338. The molecule has 0 amide bonds. The van der Waals surface area contributed by atoms with Crippen molar-refractivity contribution in [3.8, 4) is 10.6 Å².